The van der Waals surface area contributed by atoms with Crippen LogP contribution in [0.25, 0.3) is 10.9 Å². The van der Waals surface area contributed by atoms with Gasteiger partial charge in [0.2, 0.25) is 0 Å². The van der Waals surface area contributed by atoms with Gasteiger partial charge in [0.25, 0.3) is 0 Å². The Labute approximate surface area is 128 Å². The van der Waals surface area contributed by atoms with Gasteiger partial charge in [-0.15, -0.1) is 0 Å². The third-order valence-corrected chi connectivity index (χ3v) is 4.37. The van der Waals surface area contributed by atoms with E-state index in [4.69, 9.17) is 10.8 Å². The van der Waals surface area contributed by atoms with Crippen LogP contribution in [0.1, 0.15) is 18.9 Å². The maximum Gasteiger partial charge on any atom is 0.407 e. The molecule has 2 aromatic rings. The highest BCUT2D eigenvalue weighted by atomic mass is 127. The number of nitrogen functional groups attached to an aromatic ring is 1. The Bertz CT molecular complexity index is 671. The number of likely N-dealkylation sites (tertiary alicyclic amines) is 1. The van der Waals surface area contributed by atoms with E-state index in [1.54, 1.807) is 12.4 Å². The van der Waals surface area contributed by atoms with Crippen molar-refractivity contribution in [3.63, 3.8) is 0 Å². The maximum absolute atomic E-state index is 11.1. The fraction of sp³-hybridized carbons (Fsp3) is 0.417. The summed E-state index contributed by atoms with van der Waals surface area (Å²) in [6.07, 6.45) is 4.22. The summed E-state index contributed by atoms with van der Waals surface area (Å²) < 4.78 is 2.69. The zero-order valence-corrected chi connectivity index (χ0v) is 12.8. The Hall–Kier alpha value is -1.58. The lowest BCUT2D eigenvalue weighted by atomic mass is 10.1. The molecule has 20 heavy (non-hydrogen) atoms. The van der Waals surface area contributed by atoms with E-state index in [9.17, 15) is 4.79 Å². The number of piperidine rings is 1. The summed E-state index contributed by atoms with van der Waals surface area (Å²) >= 11 is 2.15. The topological polar surface area (TPSA) is 97.3 Å². The molecular weight excluding hydrogens is 373 g/mol. The van der Waals surface area contributed by atoms with Gasteiger partial charge < -0.3 is 15.7 Å². The molecule has 0 saturated carbocycles. The normalized spacial score (nSPS) is 19.4. The van der Waals surface area contributed by atoms with Crippen molar-refractivity contribution in [2.75, 3.05) is 18.8 Å². The number of pyridine rings is 1. The standard InChI is InChI=1S/C12H14IN5O2/c13-11-10-8(14)4-15-5-9(10)18(16-11)7-2-1-3-17(6-7)12(19)20/h4-5,7H,1-3,6,14H2,(H,19,20)/t7-/m1/s1. The molecule has 0 bridgehead atoms. The predicted molar refractivity (Wildman–Crippen MR) is 82.5 cm³/mol. The monoisotopic (exact) mass is 387 g/mol. The zero-order valence-electron chi connectivity index (χ0n) is 10.7. The highest BCUT2D eigenvalue weighted by Gasteiger charge is 2.27. The first-order valence-electron chi connectivity index (χ1n) is 6.33. The largest absolute Gasteiger partial charge is 0.465 e. The van der Waals surface area contributed by atoms with Gasteiger partial charge in [-0.2, -0.15) is 5.10 Å². The lowest BCUT2D eigenvalue weighted by Gasteiger charge is -2.31. The molecule has 3 heterocycles. The number of fused-ring (bicyclic) bond motifs is 1. The van der Waals surface area contributed by atoms with Crippen LogP contribution in [0.3, 0.4) is 0 Å². The Kier molecular flexibility index (Phi) is 3.40. The fourth-order valence-corrected chi connectivity index (χ4v) is 3.49. The van der Waals surface area contributed by atoms with Crippen LogP contribution >= 0.6 is 22.6 Å². The van der Waals surface area contributed by atoms with Crippen molar-refractivity contribution >= 4 is 45.3 Å². The molecule has 1 fully saturated rings. The third kappa shape index (κ3) is 2.17. The number of halogens is 1. The molecule has 0 radical (unpaired) electrons. The minimum atomic E-state index is -0.876. The van der Waals surface area contributed by atoms with E-state index >= 15 is 0 Å². The smallest absolute Gasteiger partial charge is 0.407 e. The van der Waals surface area contributed by atoms with Crippen molar-refractivity contribution in [2.45, 2.75) is 18.9 Å². The molecule has 7 nitrogen and oxygen atoms in total. The number of carboxylic acid groups (broad SMARTS) is 1. The van der Waals surface area contributed by atoms with Crippen LogP contribution in [0.5, 0.6) is 0 Å². The first-order valence-corrected chi connectivity index (χ1v) is 7.41. The molecule has 3 rings (SSSR count). The first kappa shape index (κ1) is 13.4. The van der Waals surface area contributed by atoms with Crippen LogP contribution in [0, 0.1) is 3.70 Å². The van der Waals surface area contributed by atoms with E-state index in [0.29, 0.717) is 18.8 Å². The number of carbonyl (C=O) groups is 1. The summed E-state index contributed by atoms with van der Waals surface area (Å²) in [6.45, 7) is 1.04. The second kappa shape index (κ2) is 5.08. The van der Waals surface area contributed by atoms with E-state index < -0.39 is 6.09 Å². The van der Waals surface area contributed by atoms with Gasteiger partial charge in [-0.1, -0.05) is 0 Å². The first-order chi connectivity index (χ1) is 9.58. The average Bonchev–Trinajstić information content (AvgIpc) is 2.78. The Morgan fingerprint density at radius 2 is 2.30 bits per heavy atom. The van der Waals surface area contributed by atoms with Crippen LogP contribution < -0.4 is 5.73 Å². The number of aromatic nitrogens is 3. The van der Waals surface area contributed by atoms with Crippen molar-refractivity contribution in [2.24, 2.45) is 0 Å². The van der Waals surface area contributed by atoms with Crippen molar-refractivity contribution in [3.8, 4) is 0 Å². The number of amides is 1. The summed E-state index contributed by atoms with van der Waals surface area (Å²) in [7, 11) is 0. The molecule has 0 unspecified atom stereocenters. The molecule has 1 saturated heterocycles. The van der Waals surface area contributed by atoms with Gasteiger partial charge in [0, 0.05) is 13.1 Å². The fourth-order valence-electron chi connectivity index (χ4n) is 2.67. The van der Waals surface area contributed by atoms with Crippen LogP contribution in [0.4, 0.5) is 10.5 Å². The van der Waals surface area contributed by atoms with Gasteiger partial charge in [0.1, 0.15) is 3.70 Å². The van der Waals surface area contributed by atoms with Gasteiger partial charge >= 0.3 is 6.09 Å². The summed E-state index contributed by atoms with van der Waals surface area (Å²) in [5, 5.41) is 14.6. The summed E-state index contributed by atoms with van der Waals surface area (Å²) in [4.78, 5) is 16.7. The molecule has 1 aliphatic rings. The van der Waals surface area contributed by atoms with Crippen molar-refractivity contribution in [1.82, 2.24) is 19.7 Å². The van der Waals surface area contributed by atoms with Crippen LogP contribution in [0.2, 0.25) is 0 Å². The summed E-state index contributed by atoms with van der Waals surface area (Å²) in [6, 6.07) is 0.0365. The molecule has 1 aliphatic heterocycles. The number of nitrogens with two attached hydrogens (primary N) is 1. The molecule has 0 aliphatic carbocycles. The molecule has 0 aromatic carbocycles. The number of rotatable bonds is 1. The highest BCUT2D eigenvalue weighted by molar-refractivity contribution is 14.1. The number of hydrogen-bond acceptors (Lipinski definition) is 4. The number of nitrogens with zero attached hydrogens (tertiary/aromatic N) is 4. The Morgan fingerprint density at radius 3 is 3.05 bits per heavy atom. The number of anilines is 1. The highest BCUT2D eigenvalue weighted by Crippen LogP contribution is 2.30. The van der Waals surface area contributed by atoms with Crippen LogP contribution in [-0.2, 0) is 0 Å². The van der Waals surface area contributed by atoms with Gasteiger partial charge in [0.05, 0.1) is 35.0 Å². The minimum Gasteiger partial charge on any atom is -0.465 e. The van der Waals surface area contributed by atoms with Crippen molar-refractivity contribution in [3.05, 3.63) is 16.1 Å². The lowest BCUT2D eigenvalue weighted by molar-refractivity contribution is 0.120. The quantitative estimate of drug-likeness (QED) is 0.729. The average molecular weight is 387 g/mol. The Morgan fingerprint density at radius 1 is 1.50 bits per heavy atom. The van der Waals surface area contributed by atoms with E-state index in [2.05, 4.69) is 32.7 Å². The van der Waals surface area contributed by atoms with Crippen molar-refractivity contribution < 1.29 is 9.90 Å². The van der Waals surface area contributed by atoms with Gasteiger partial charge in [-0.25, -0.2) is 4.79 Å². The van der Waals surface area contributed by atoms with Crippen LogP contribution in [0.15, 0.2) is 12.4 Å². The molecule has 3 N–H and O–H groups in total. The molecule has 106 valence electrons. The molecule has 2 aromatic heterocycles. The van der Waals surface area contributed by atoms with E-state index in [0.717, 1.165) is 27.4 Å². The lowest BCUT2D eigenvalue weighted by Crippen LogP contribution is -2.40. The van der Waals surface area contributed by atoms with E-state index in [1.165, 1.54) is 4.90 Å². The SMILES string of the molecule is Nc1cncc2c1c(I)nn2[C@@H]1CCCN(C(=O)O)C1. The number of hydrogen-bond donors (Lipinski definition) is 2. The zero-order chi connectivity index (χ0) is 14.3. The third-order valence-electron chi connectivity index (χ3n) is 3.62. The molecular formula is C12H14IN5O2. The second-order valence-corrected chi connectivity index (χ2v) is 5.90. The van der Waals surface area contributed by atoms with E-state index in [1.807, 2.05) is 4.68 Å². The Balaban J connectivity index is 2.02. The summed E-state index contributed by atoms with van der Waals surface area (Å²) in [5.74, 6) is 0. The molecule has 8 heteroatoms. The van der Waals surface area contributed by atoms with Crippen molar-refractivity contribution in [1.29, 1.82) is 0 Å². The van der Waals surface area contributed by atoms with Gasteiger partial charge in [0.15, 0.2) is 0 Å². The predicted octanol–water partition coefficient (Wildman–Crippen LogP) is 1.93. The maximum atomic E-state index is 11.1. The molecule has 1 amide bonds. The van der Waals surface area contributed by atoms with Gasteiger partial charge in [-0.3, -0.25) is 9.67 Å². The minimum absolute atomic E-state index is 0.0365. The molecule has 0 spiro atoms. The van der Waals surface area contributed by atoms with E-state index in [-0.39, 0.29) is 6.04 Å². The second-order valence-electron chi connectivity index (χ2n) is 4.88. The van der Waals surface area contributed by atoms with Gasteiger partial charge in [-0.05, 0) is 35.4 Å². The van der Waals surface area contributed by atoms with Crippen LogP contribution in [-0.4, -0.2) is 44.0 Å². The molecule has 1 atom stereocenters. The summed E-state index contributed by atoms with van der Waals surface area (Å²) in [5.41, 5.74) is 7.42.